The molecule has 1 aromatic rings. The van der Waals surface area contributed by atoms with Crippen LogP contribution in [0.1, 0.15) is 32.8 Å². The van der Waals surface area contributed by atoms with E-state index in [1.807, 2.05) is 20.8 Å². The molecule has 0 spiro atoms. The zero-order valence-electron chi connectivity index (χ0n) is 11.0. The largest absolute Gasteiger partial charge is 0.443 e. The Hall–Kier alpha value is -1.58. The summed E-state index contributed by atoms with van der Waals surface area (Å²) in [7, 11) is 0. The normalized spacial score (nSPS) is 15.2. The summed E-state index contributed by atoms with van der Waals surface area (Å²) in [6.45, 7) is 6.04. The summed E-state index contributed by atoms with van der Waals surface area (Å²) in [5, 5.41) is 0. The molecule has 0 saturated heterocycles. The minimum absolute atomic E-state index is 0.329. The molecule has 0 fully saturated rings. The molecule has 0 bridgehead atoms. The fourth-order valence-electron chi connectivity index (χ4n) is 2.05. The van der Waals surface area contributed by atoms with Crippen LogP contribution in [0.4, 0.5) is 14.9 Å². The standard InChI is InChI=1S/C14H18FNO2/c1-14(2,3)18-13(17)16-8-4-5-10-6-7-11(15)9-12(10)16/h6-7,9H,4-5,8H2,1-3H3. The summed E-state index contributed by atoms with van der Waals surface area (Å²) in [5.41, 5.74) is 1.09. The van der Waals surface area contributed by atoms with Gasteiger partial charge in [0.15, 0.2) is 0 Å². The molecule has 3 nitrogen and oxygen atoms in total. The lowest BCUT2D eigenvalue weighted by Gasteiger charge is -2.31. The highest BCUT2D eigenvalue weighted by Gasteiger charge is 2.27. The van der Waals surface area contributed by atoms with Crippen molar-refractivity contribution in [3.05, 3.63) is 29.6 Å². The third kappa shape index (κ3) is 2.81. The van der Waals surface area contributed by atoms with E-state index in [4.69, 9.17) is 4.74 Å². The van der Waals surface area contributed by atoms with Crippen LogP contribution < -0.4 is 4.90 Å². The van der Waals surface area contributed by atoms with Crippen molar-refractivity contribution in [1.82, 2.24) is 0 Å². The fraction of sp³-hybridized carbons (Fsp3) is 0.500. The number of carbonyl (C=O) groups is 1. The van der Waals surface area contributed by atoms with Crippen LogP contribution in [0.3, 0.4) is 0 Å². The fourth-order valence-corrected chi connectivity index (χ4v) is 2.05. The molecule has 98 valence electrons. The number of aryl methyl sites for hydroxylation is 1. The van der Waals surface area contributed by atoms with E-state index in [2.05, 4.69) is 0 Å². The Morgan fingerprint density at radius 1 is 1.39 bits per heavy atom. The summed E-state index contributed by atoms with van der Waals surface area (Å²) in [4.78, 5) is 13.6. The number of nitrogens with zero attached hydrogens (tertiary/aromatic N) is 1. The summed E-state index contributed by atoms with van der Waals surface area (Å²) >= 11 is 0. The summed E-state index contributed by atoms with van der Waals surface area (Å²) in [6.07, 6.45) is 1.33. The van der Waals surface area contributed by atoms with Gasteiger partial charge in [0.1, 0.15) is 11.4 Å². The van der Waals surface area contributed by atoms with E-state index in [-0.39, 0.29) is 5.82 Å². The minimum Gasteiger partial charge on any atom is -0.443 e. The zero-order chi connectivity index (χ0) is 13.3. The molecular formula is C14H18FNO2. The predicted molar refractivity (Wildman–Crippen MR) is 68.3 cm³/mol. The molecule has 4 heteroatoms. The van der Waals surface area contributed by atoms with Gasteiger partial charge in [0.25, 0.3) is 0 Å². The minimum atomic E-state index is -0.540. The summed E-state index contributed by atoms with van der Waals surface area (Å²) in [5.74, 6) is -0.329. The molecule has 1 amide bonds. The first-order valence-corrected chi connectivity index (χ1v) is 6.16. The van der Waals surface area contributed by atoms with Gasteiger partial charge in [-0.25, -0.2) is 9.18 Å². The van der Waals surface area contributed by atoms with Gasteiger partial charge < -0.3 is 4.74 Å². The topological polar surface area (TPSA) is 29.5 Å². The lowest BCUT2D eigenvalue weighted by atomic mass is 10.0. The predicted octanol–water partition coefficient (Wildman–Crippen LogP) is 3.51. The van der Waals surface area contributed by atoms with Crippen molar-refractivity contribution < 1.29 is 13.9 Å². The second kappa shape index (κ2) is 4.59. The Bertz CT molecular complexity index is 465. The number of amides is 1. The summed E-state index contributed by atoms with van der Waals surface area (Å²) < 4.78 is 18.6. The van der Waals surface area contributed by atoms with E-state index in [0.717, 1.165) is 18.4 Å². The Kier molecular flexibility index (Phi) is 3.28. The van der Waals surface area contributed by atoms with Gasteiger partial charge in [-0.05, 0) is 51.3 Å². The van der Waals surface area contributed by atoms with Crippen LogP contribution in [0, 0.1) is 5.82 Å². The van der Waals surface area contributed by atoms with Crippen molar-refractivity contribution in [2.24, 2.45) is 0 Å². The lowest BCUT2D eigenvalue weighted by molar-refractivity contribution is 0.0578. The number of halogens is 1. The monoisotopic (exact) mass is 251 g/mol. The number of rotatable bonds is 0. The molecule has 1 aliphatic heterocycles. The van der Waals surface area contributed by atoms with Gasteiger partial charge in [-0.3, -0.25) is 4.90 Å². The van der Waals surface area contributed by atoms with Crippen LogP contribution in [0.15, 0.2) is 18.2 Å². The molecule has 0 N–H and O–H groups in total. The first kappa shape index (κ1) is 12.9. The van der Waals surface area contributed by atoms with Gasteiger partial charge in [-0.1, -0.05) is 6.07 Å². The average molecular weight is 251 g/mol. The van der Waals surface area contributed by atoms with Crippen molar-refractivity contribution in [2.45, 2.75) is 39.2 Å². The van der Waals surface area contributed by atoms with Crippen molar-refractivity contribution in [3.63, 3.8) is 0 Å². The molecule has 2 rings (SSSR count). The molecular weight excluding hydrogens is 233 g/mol. The van der Waals surface area contributed by atoms with Crippen molar-refractivity contribution in [1.29, 1.82) is 0 Å². The Balaban J connectivity index is 2.27. The van der Waals surface area contributed by atoms with Crippen LogP contribution in [0.25, 0.3) is 0 Å². The number of anilines is 1. The second-order valence-corrected chi connectivity index (χ2v) is 5.51. The van der Waals surface area contributed by atoms with E-state index in [1.165, 1.54) is 17.0 Å². The van der Waals surface area contributed by atoms with Gasteiger partial charge in [-0.2, -0.15) is 0 Å². The molecule has 0 saturated carbocycles. The van der Waals surface area contributed by atoms with E-state index in [9.17, 15) is 9.18 Å². The molecule has 0 aromatic heterocycles. The van der Waals surface area contributed by atoms with E-state index < -0.39 is 11.7 Å². The number of benzene rings is 1. The molecule has 0 unspecified atom stereocenters. The molecule has 0 aliphatic carbocycles. The highest BCUT2D eigenvalue weighted by atomic mass is 19.1. The maximum Gasteiger partial charge on any atom is 0.414 e. The van der Waals surface area contributed by atoms with E-state index in [1.54, 1.807) is 6.07 Å². The molecule has 1 aromatic carbocycles. The Labute approximate surface area is 107 Å². The van der Waals surface area contributed by atoms with E-state index in [0.29, 0.717) is 12.2 Å². The maximum atomic E-state index is 13.3. The first-order chi connectivity index (χ1) is 8.37. The number of carbonyl (C=O) groups excluding carboxylic acids is 1. The number of hydrogen-bond donors (Lipinski definition) is 0. The van der Waals surface area contributed by atoms with Gasteiger partial charge >= 0.3 is 6.09 Å². The van der Waals surface area contributed by atoms with Crippen molar-refractivity contribution in [2.75, 3.05) is 11.4 Å². The molecule has 18 heavy (non-hydrogen) atoms. The lowest BCUT2D eigenvalue weighted by Crippen LogP contribution is -2.39. The van der Waals surface area contributed by atoms with Gasteiger partial charge in [0.2, 0.25) is 0 Å². The van der Waals surface area contributed by atoms with Crippen LogP contribution in [-0.2, 0) is 11.2 Å². The number of hydrogen-bond acceptors (Lipinski definition) is 2. The third-order valence-electron chi connectivity index (χ3n) is 2.78. The van der Waals surface area contributed by atoms with E-state index >= 15 is 0 Å². The number of fused-ring (bicyclic) bond motifs is 1. The average Bonchev–Trinajstić information content (AvgIpc) is 2.25. The Morgan fingerprint density at radius 2 is 2.11 bits per heavy atom. The summed E-state index contributed by atoms with van der Waals surface area (Å²) in [6, 6.07) is 4.57. The van der Waals surface area contributed by atoms with Crippen LogP contribution in [0.5, 0.6) is 0 Å². The highest BCUT2D eigenvalue weighted by molar-refractivity contribution is 5.89. The highest BCUT2D eigenvalue weighted by Crippen LogP contribution is 2.29. The smallest absolute Gasteiger partial charge is 0.414 e. The maximum absolute atomic E-state index is 13.3. The quantitative estimate of drug-likeness (QED) is 0.706. The SMILES string of the molecule is CC(C)(C)OC(=O)N1CCCc2ccc(F)cc21. The zero-order valence-corrected chi connectivity index (χ0v) is 11.0. The molecule has 1 aliphatic rings. The third-order valence-corrected chi connectivity index (χ3v) is 2.78. The van der Waals surface area contributed by atoms with Crippen LogP contribution in [-0.4, -0.2) is 18.2 Å². The molecule has 0 radical (unpaired) electrons. The van der Waals surface area contributed by atoms with Gasteiger partial charge in [0.05, 0.1) is 5.69 Å². The van der Waals surface area contributed by atoms with Gasteiger partial charge in [-0.15, -0.1) is 0 Å². The Morgan fingerprint density at radius 3 is 2.78 bits per heavy atom. The number of ether oxygens (including phenoxy) is 1. The van der Waals surface area contributed by atoms with Crippen molar-refractivity contribution in [3.8, 4) is 0 Å². The first-order valence-electron chi connectivity index (χ1n) is 6.16. The second-order valence-electron chi connectivity index (χ2n) is 5.51. The van der Waals surface area contributed by atoms with Crippen LogP contribution >= 0.6 is 0 Å². The van der Waals surface area contributed by atoms with Gasteiger partial charge in [0, 0.05) is 6.54 Å². The van der Waals surface area contributed by atoms with Crippen molar-refractivity contribution >= 4 is 11.8 Å². The molecule has 0 atom stereocenters. The molecule has 1 heterocycles. The van der Waals surface area contributed by atoms with Crippen LogP contribution in [0.2, 0.25) is 0 Å².